The van der Waals surface area contributed by atoms with Crippen LogP contribution in [0.4, 0.5) is 11.4 Å². The van der Waals surface area contributed by atoms with Gasteiger partial charge in [0.1, 0.15) is 17.9 Å². The second kappa shape index (κ2) is 11.2. The third-order valence-electron chi connectivity index (χ3n) is 6.23. The molecule has 4 aromatic carbocycles. The van der Waals surface area contributed by atoms with E-state index in [2.05, 4.69) is 18.2 Å². The lowest BCUT2D eigenvalue weighted by molar-refractivity contribution is -0.120. The highest BCUT2D eigenvalue weighted by atomic mass is 35.5. The summed E-state index contributed by atoms with van der Waals surface area (Å²) in [5.74, 6) is -0.551. The van der Waals surface area contributed by atoms with Crippen LogP contribution in [-0.4, -0.2) is 16.9 Å². The zero-order chi connectivity index (χ0) is 27.5. The Morgan fingerprint density at radius 2 is 1.31 bits per heavy atom. The zero-order valence-corrected chi connectivity index (χ0v) is 23.0. The van der Waals surface area contributed by atoms with Crippen LogP contribution in [0.5, 0.6) is 5.75 Å². The lowest BCUT2D eigenvalue weighted by Crippen LogP contribution is -2.56. The first-order valence-electron chi connectivity index (χ1n) is 12.4. The van der Waals surface area contributed by atoms with Gasteiger partial charge in [0.15, 0.2) is 5.11 Å². The fourth-order valence-electron chi connectivity index (χ4n) is 4.57. The van der Waals surface area contributed by atoms with E-state index in [0.29, 0.717) is 34.3 Å². The Morgan fingerprint density at radius 3 is 1.85 bits per heavy atom. The number of benzene rings is 4. The summed E-state index contributed by atoms with van der Waals surface area (Å²) in [7, 11) is 0. The molecule has 2 amide bonds. The van der Waals surface area contributed by atoms with E-state index in [1.807, 2.05) is 50.2 Å². The van der Waals surface area contributed by atoms with Crippen LogP contribution >= 0.6 is 23.8 Å². The Kier molecular flexibility index (Phi) is 7.59. The number of para-hydroxylation sites is 2. The minimum absolute atomic E-state index is 0.0603. The summed E-state index contributed by atoms with van der Waals surface area (Å²) in [6.45, 7) is 4.39. The molecule has 0 aliphatic carbocycles. The van der Waals surface area contributed by atoms with E-state index in [0.717, 1.165) is 16.7 Å². The zero-order valence-electron chi connectivity index (χ0n) is 21.4. The largest absolute Gasteiger partial charge is 0.488 e. The van der Waals surface area contributed by atoms with Gasteiger partial charge in [0.2, 0.25) is 0 Å². The molecule has 7 heteroatoms. The van der Waals surface area contributed by atoms with Crippen molar-refractivity contribution >= 4 is 58.2 Å². The van der Waals surface area contributed by atoms with Crippen molar-refractivity contribution in [2.45, 2.75) is 20.5 Å². The number of hydrogen-bond donors (Lipinski definition) is 0. The van der Waals surface area contributed by atoms with Gasteiger partial charge in [-0.05, 0) is 80.2 Å². The second-order valence-electron chi connectivity index (χ2n) is 9.26. The summed E-state index contributed by atoms with van der Waals surface area (Å²) < 4.78 is 6.17. The van der Waals surface area contributed by atoms with Crippen molar-refractivity contribution in [1.82, 2.24) is 0 Å². The number of hydrogen-bond acceptors (Lipinski definition) is 4. The molecule has 0 spiro atoms. The van der Waals surface area contributed by atoms with Crippen LogP contribution in [0.25, 0.3) is 6.08 Å². The van der Waals surface area contributed by atoms with Crippen molar-refractivity contribution < 1.29 is 14.3 Å². The molecule has 0 unspecified atom stereocenters. The van der Waals surface area contributed by atoms with E-state index in [1.165, 1.54) is 15.9 Å². The maximum Gasteiger partial charge on any atom is 0.270 e. The maximum absolute atomic E-state index is 13.8. The normalized spacial score (nSPS) is 13.6. The number of rotatable bonds is 6. The smallest absolute Gasteiger partial charge is 0.270 e. The van der Waals surface area contributed by atoms with Gasteiger partial charge in [0.05, 0.1) is 11.4 Å². The Balaban J connectivity index is 1.57. The number of carbonyl (C=O) groups is 2. The van der Waals surface area contributed by atoms with Crippen LogP contribution in [0.2, 0.25) is 5.02 Å². The van der Waals surface area contributed by atoms with Crippen molar-refractivity contribution in [3.05, 3.63) is 130 Å². The highest BCUT2D eigenvalue weighted by Gasteiger charge is 2.41. The topological polar surface area (TPSA) is 49.9 Å². The van der Waals surface area contributed by atoms with Crippen LogP contribution in [0, 0.1) is 13.8 Å². The molecule has 1 aliphatic heterocycles. The van der Waals surface area contributed by atoms with E-state index < -0.39 is 11.8 Å². The first kappa shape index (κ1) is 26.4. The molecule has 0 aromatic heterocycles. The van der Waals surface area contributed by atoms with Gasteiger partial charge < -0.3 is 4.74 Å². The standard InChI is InChI=1S/C32H25ClN2O3S/c1-21-15-22(2)17-23(16-21)20-38-29-14-13-25(33)18-24(29)19-28-30(36)34(26-9-5-3-6-10-26)32(39)35(31(28)37)27-11-7-4-8-12-27/h3-19H,20H2,1-2H3. The lowest BCUT2D eigenvalue weighted by atomic mass is 10.0. The molecule has 1 fully saturated rings. The molecule has 4 aromatic rings. The fraction of sp³-hybridized carbons (Fsp3) is 0.0938. The first-order valence-corrected chi connectivity index (χ1v) is 13.1. The number of carbonyl (C=O) groups excluding carboxylic acids is 2. The molecule has 5 rings (SSSR count). The van der Waals surface area contributed by atoms with Gasteiger partial charge in [0, 0.05) is 10.6 Å². The number of halogens is 1. The highest BCUT2D eigenvalue weighted by molar-refractivity contribution is 7.81. The minimum Gasteiger partial charge on any atom is -0.488 e. The maximum atomic E-state index is 13.8. The lowest BCUT2D eigenvalue weighted by Gasteiger charge is -2.36. The number of aryl methyl sites for hydroxylation is 2. The van der Waals surface area contributed by atoms with Gasteiger partial charge in [-0.3, -0.25) is 19.4 Å². The van der Waals surface area contributed by atoms with Gasteiger partial charge in [-0.15, -0.1) is 0 Å². The van der Waals surface area contributed by atoms with Crippen LogP contribution in [0.15, 0.2) is 103 Å². The number of thiocarbonyl (C=S) groups is 1. The SMILES string of the molecule is Cc1cc(C)cc(COc2ccc(Cl)cc2C=C2C(=O)N(c3ccccc3)C(=S)N(c3ccccc3)C2=O)c1. The quantitative estimate of drug-likeness (QED) is 0.143. The van der Waals surface area contributed by atoms with Crippen LogP contribution < -0.4 is 14.5 Å². The van der Waals surface area contributed by atoms with E-state index in [4.69, 9.17) is 28.6 Å². The Labute approximate surface area is 237 Å². The molecule has 0 atom stereocenters. The highest BCUT2D eigenvalue weighted by Crippen LogP contribution is 2.32. The van der Waals surface area contributed by atoms with Crippen LogP contribution in [0.1, 0.15) is 22.3 Å². The Bertz CT molecular complexity index is 1520. The van der Waals surface area contributed by atoms with Gasteiger partial charge in [-0.1, -0.05) is 77.3 Å². The monoisotopic (exact) mass is 552 g/mol. The Morgan fingerprint density at radius 1 is 0.769 bits per heavy atom. The second-order valence-corrected chi connectivity index (χ2v) is 10.1. The fourth-order valence-corrected chi connectivity index (χ4v) is 5.13. The van der Waals surface area contributed by atoms with E-state index >= 15 is 0 Å². The molecule has 1 aliphatic rings. The average molecular weight is 553 g/mol. The molecule has 194 valence electrons. The number of amides is 2. The van der Waals surface area contributed by atoms with Crippen LogP contribution in [0.3, 0.4) is 0 Å². The molecule has 0 bridgehead atoms. The van der Waals surface area contributed by atoms with Gasteiger partial charge >= 0.3 is 0 Å². The molecular weight excluding hydrogens is 528 g/mol. The summed E-state index contributed by atoms with van der Waals surface area (Å²) in [5.41, 5.74) is 4.87. The third kappa shape index (κ3) is 5.62. The average Bonchev–Trinajstić information content (AvgIpc) is 2.91. The predicted octanol–water partition coefficient (Wildman–Crippen LogP) is 7.28. The first-order chi connectivity index (χ1) is 18.8. The molecule has 1 saturated heterocycles. The molecule has 39 heavy (non-hydrogen) atoms. The van der Waals surface area contributed by atoms with Crippen LogP contribution in [-0.2, 0) is 16.2 Å². The summed E-state index contributed by atoms with van der Waals surface area (Å²) >= 11 is 12.0. The summed E-state index contributed by atoms with van der Waals surface area (Å²) in [6.07, 6.45) is 1.53. The predicted molar refractivity (Wildman–Crippen MR) is 160 cm³/mol. The molecule has 0 N–H and O–H groups in total. The number of nitrogens with zero attached hydrogens (tertiary/aromatic N) is 2. The van der Waals surface area contributed by atoms with E-state index in [9.17, 15) is 9.59 Å². The molecule has 0 radical (unpaired) electrons. The van der Waals surface area contributed by atoms with E-state index in [1.54, 1.807) is 42.5 Å². The number of anilines is 2. The van der Waals surface area contributed by atoms with Gasteiger partial charge in [-0.2, -0.15) is 0 Å². The molecule has 0 saturated carbocycles. The third-order valence-corrected chi connectivity index (χ3v) is 6.83. The molecule has 1 heterocycles. The Hall–Kier alpha value is -4.26. The minimum atomic E-state index is -0.524. The van der Waals surface area contributed by atoms with Crippen molar-refractivity contribution in [1.29, 1.82) is 0 Å². The van der Waals surface area contributed by atoms with Gasteiger partial charge in [-0.25, -0.2) is 0 Å². The van der Waals surface area contributed by atoms with Crippen molar-refractivity contribution in [3.8, 4) is 5.75 Å². The summed E-state index contributed by atoms with van der Waals surface area (Å²) in [5, 5.41) is 0.531. The molecular formula is C32H25ClN2O3S. The summed E-state index contributed by atoms with van der Waals surface area (Å²) in [4.78, 5) is 30.4. The molecule has 5 nitrogen and oxygen atoms in total. The number of ether oxygens (including phenoxy) is 1. The van der Waals surface area contributed by atoms with E-state index in [-0.39, 0.29) is 10.7 Å². The van der Waals surface area contributed by atoms with Crippen molar-refractivity contribution in [2.75, 3.05) is 9.80 Å². The van der Waals surface area contributed by atoms with Crippen molar-refractivity contribution in [3.63, 3.8) is 0 Å². The van der Waals surface area contributed by atoms with Crippen molar-refractivity contribution in [2.24, 2.45) is 0 Å². The van der Waals surface area contributed by atoms with Gasteiger partial charge in [0.25, 0.3) is 11.8 Å². The summed E-state index contributed by atoms with van der Waals surface area (Å²) in [6, 6.07) is 29.4.